The molecule has 0 radical (unpaired) electrons. The Morgan fingerprint density at radius 3 is 2.73 bits per heavy atom. The molecular weight excluding hydrogens is 208 g/mol. The first-order valence-corrected chi connectivity index (χ1v) is 4.31. The smallest absolute Gasteiger partial charge is 0.396 e. The summed E-state index contributed by atoms with van der Waals surface area (Å²) in [6.45, 7) is -0.111. The van der Waals surface area contributed by atoms with Gasteiger partial charge in [-0.2, -0.15) is 0 Å². The van der Waals surface area contributed by atoms with Crippen molar-refractivity contribution < 1.29 is 23.4 Å². The Kier molecular flexibility index (Phi) is 2.15. The first-order chi connectivity index (χ1) is 7.03. The van der Waals surface area contributed by atoms with E-state index >= 15 is 0 Å². The van der Waals surface area contributed by atoms with E-state index in [0.29, 0.717) is 5.56 Å². The fourth-order valence-electron chi connectivity index (χ4n) is 1.41. The van der Waals surface area contributed by atoms with Gasteiger partial charge in [0.2, 0.25) is 0 Å². The highest BCUT2D eigenvalue weighted by Crippen LogP contribution is 2.45. The topological polar surface area (TPSA) is 64.7 Å². The van der Waals surface area contributed by atoms with Gasteiger partial charge >= 0.3 is 6.29 Å². The minimum Gasteiger partial charge on any atom is -0.396 e. The second-order valence-electron chi connectivity index (χ2n) is 3.11. The Balaban J connectivity index is 2.39. The monoisotopic (exact) mass is 217 g/mol. The summed E-state index contributed by atoms with van der Waals surface area (Å²) < 4.78 is 33.8. The number of alkyl halides is 2. The molecule has 1 aromatic carbocycles. The third kappa shape index (κ3) is 1.68. The van der Waals surface area contributed by atoms with Crippen LogP contribution < -0.4 is 15.2 Å². The molecule has 0 amide bonds. The van der Waals surface area contributed by atoms with E-state index in [1.165, 1.54) is 12.1 Å². The Morgan fingerprint density at radius 1 is 1.33 bits per heavy atom. The van der Waals surface area contributed by atoms with Gasteiger partial charge in [0.25, 0.3) is 0 Å². The predicted molar refractivity (Wildman–Crippen MR) is 47.8 cm³/mol. The van der Waals surface area contributed by atoms with Crippen LogP contribution in [-0.2, 0) is 6.42 Å². The van der Waals surface area contributed by atoms with Crippen molar-refractivity contribution in [3.05, 3.63) is 17.7 Å². The summed E-state index contributed by atoms with van der Waals surface area (Å²) >= 11 is 0. The number of rotatable bonds is 2. The van der Waals surface area contributed by atoms with Gasteiger partial charge in [-0.15, -0.1) is 8.78 Å². The molecule has 3 N–H and O–H groups in total. The minimum atomic E-state index is -3.66. The van der Waals surface area contributed by atoms with E-state index in [1.807, 2.05) is 0 Å². The summed E-state index contributed by atoms with van der Waals surface area (Å²) in [5.74, 6) is -0.245. The molecule has 1 heterocycles. The number of ether oxygens (including phenoxy) is 2. The number of aliphatic hydroxyl groups is 1. The Hall–Kier alpha value is -1.56. The summed E-state index contributed by atoms with van der Waals surface area (Å²) in [4.78, 5) is 0. The molecule has 0 unspecified atom stereocenters. The zero-order valence-corrected chi connectivity index (χ0v) is 7.67. The zero-order valence-electron chi connectivity index (χ0n) is 7.67. The Bertz CT molecular complexity index is 395. The van der Waals surface area contributed by atoms with E-state index in [4.69, 9.17) is 10.8 Å². The van der Waals surface area contributed by atoms with Crippen LogP contribution in [0.1, 0.15) is 5.56 Å². The first-order valence-electron chi connectivity index (χ1n) is 4.31. The number of nitrogen functional groups attached to an aromatic ring is 1. The average molecular weight is 217 g/mol. The molecule has 0 saturated heterocycles. The van der Waals surface area contributed by atoms with Crippen LogP contribution in [0, 0.1) is 0 Å². The van der Waals surface area contributed by atoms with Crippen LogP contribution in [0.3, 0.4) is 0 Å². The van der Waals surface area contributed by atoms with Crippen LogP contribution in [0.2, 0.25) is 0 Å². The quantitative estimate of drug-likeness (QED) is 0.729. The van der Waals surface area contributed by atoms with Gasteiger partial charge < -0.3 is 20.3 Å². The Morgan fingerprint density at radius 2 is 2.07 bits per heavy atom. The molecule has 6 heteroatoms. The van der Waals surface area contributed by atoms with Crippen molar-refractivity contribution >= 4 is 5.69 Å². The largest absolute Gasteiger partial charge is 0.586 e. The fraction of sp³-hybridized carbons (Fsp3) is 0.333. The van der Waals surface area contributed by atoms with Gasteiger partial charge in [-0.3, -0.25) is 0 Å². The molecule has 0 fully saturated rings. The lowest BCUT2D eigenvalue weighted by Gasteiger charge is -2.06. The molecule has 0 atom stereocenters. The predicted octanol–water partition coefficient (Wildman–Crippen LogP) is 1.13. The van der Waals surface area contributed by atoms with E-state index in [-0.39, 0.29) is 30.2 Å². The highest BCUT2D eigenvalue weighted by Gasteiger charge is 2.44. The Labute approximate surface area is 84.2 Å². The van der Waals surface area contributed by atoms with Gasteiger partial charge in [0, 0.05) is 6.61 Å². The lowest BCUT2D eigenvalue weighted by atomic mass is 10.1. The van der Waals surface area contributed by atoms with E-state index in [2.05, 4.69) is 9.47 Å². The van der Waals surface area contributed by atoms with Crippen LogP contribution in [0.5, 0.6) is 11.5 Å². The molecule has 1 aliphatic rings. The standard InChI is InChI=1S/C9H9F2NO3/c10-9(11)14-6-2-1-5(3-4-13)7(12)8(6)15-9/h1-2,13H,3-4,12H2. The number of fused-ring (bicyclic) bond motifs is 1. The summed E-state index contributed by atoms with van der Waals surface area (Å²) in [6, 6.07) is 2.87. The van der Waals surface area contributed by atoms with Crippen molar-refractivity contribution in [2.75, 3.05) is 12.3 Å². The van der Waals surface area contributed by atoms with Gasteiger partial charge in [-0.1, -0.05) is 6.07 Å². The van der Waals surface area contributed by atoms with Crippen molar-refractivity contribution in [3.8, 4) is 11.5 Å². The van der Waals surface area contributed by atoms with Crippen molar-refractivity contribution in [3.63, 3.8) is 0 Å². The summed E-state index contributed by atoms with van der Waals surface area (Å²) in [6.07, 6.45) is -3.37. The molecule has 2 rings (SSSR count). The summed E-state index contributed by atoms with van der Waals surface area (Å²) in [7, 11) is 0. The number of aliphatic hydroxyl groups excluding tert-OH is 1. The molecule has 0 aromatic heterocycles. The second-order valence-corrected chi connectivity index (χ2v) is 3.11. The number of hydrogen-bond donors (Lipinski definition) is 2. The highest BCUT2D eigenvalue weighted by atomic mass is 19.3. The van der Waals surface area contributed by atoms with Gasteiger partial charge in [0.15, 0.2) is 11.5 Å². The van der Waals surface area contributed by atoms with Crippen LogP contribution >= 0.6 is 0 Å². The zero-order chi connectivity index (χ0) is 11.1. The molecule has 1 aliphatic heterocycles. The van der Waals surface area contributed by atoms with Crippen LogP contribution in [0.15, 0.2) is 12.1 Å². The fourth-order valence-corrected chi connectivity index (χ4v) is 1.41. The maximum Gasteiger partial charge on any atom is 0.586 e. The molecule has 15 heavy (non-hydrogen) atoms. The molecule has 1 aromatic rings. The van der Waals surface area contributed by atoms with Gasteiger partial charge in [-0.05, 0) is 18.1 Å². The van der Waals surface area contributed by atoms with E-state index in [0.717, 1.165) is 0 Å². The highest BCUT2D eigenvalue weighted by molar-refractivity contribution is 5.66. The van der Waals surface area contributed by atoms with E-state index < -0.39 is 6.29 Å². The minimum absolute atomic E-state index is 0.0822. The average Bonchev–Trinajstić information content (AvgIpc) is 2.46. The van der Waals surface area contributed by atoms with Gasteiger partial charge in [0.1, 0.15) is 0 Å². The number of anilines is 1. The van der Waals surface area contributed by atoms with Crippen LogP contribution in [0.25, 0.3) is 0 Å². The molecule has 4 nitrogen and oxygen atoms in total. The molecule has 0 bridgehead atoms. The van der Waals surface area contributed by atoms with Gasteiger partial charge in [0.05, 0.1) is 5.69 Å². The van der Waals surface area contributed by atoms with Gasteiger partial charge in [-0.25, -0.2) is 0 Å². The van der Waals surface area contributed by atoms with Crippen LogP contribution in [-0.4, -0.2) is 18.0 Å². The van der Waals surface area contributed by atoms with E-state index in [9.17, 15) is 8.78 Å². The van der Waals surface area contributed by atoms with Crippen molar-refractivity contribution in [1.29, 1.82) is 0 Å². The first kappa shape index (κ1) is 9.97. The van der Waals surface area contributed by atoms with Crippen molar-refractivity contribution in [2.45, 2.75) is 12.7 Å². The van der Waals surface area contributed by atoms with Crippen LogP contribution in [0.4, 0.5) is 14.5 Å². The lowest BCUT2D eigenvalue weighted by molar-refractivity contribution is -0.286. The molecule has 0 saturated carbocycles. The summed E-state index contributed by atoms with van der Waals surface area (Å²) in [5.41, 5.74) is 6.23. The summed E-state index contributed by atoms with van der Waals surface area (Å²) in [5, 5.41) is 8.72. The van der Waals surface area contributed by atoms with Crippen molar-refractivity contribution in [2.24, 2.45) is 0 Å². The number of nitrogens with two attached hydrogens (primary N) is 1. The molecule has 82 valence electrons. The number of benzene rings is 1. The molecular formula is C9H9F2NO3. The second kappa shape index (κ2) is 3.23. The normalized spacial score (nSPS) is 16.7. The third-order valence-electron chi connectivity index (χ3n) is 2.08. The maximum atomic E-state index is 12.7. The number of halogens is 2. The SMILES string of the molecule is Nc1c(CCO)ccc2c1OC(F)(F)O2. The molecule has 0 spiro atoms. The lowest BCUT2D eigenvalue weighted by Crippen LogP contribution is -2.26. The van der Waals surface area contributed by atoms with E-state index in [1.54, 1.807) is 0 Å². The van der Waals surface area contributed by atoms with Crippen molar-refractivity contribution in [1.82, 2.24) is 0 Å². The number of hydrogen-bond acceptors (Lipinski definition) is 4. The maximum absolute atomic E-state index is 12.7. The third-order valence-corrected chi connectivity index (χ3v) is 2.08. The molecule has 0 aliphatic carbocycles.